The summed E-state index contributed by atoms with van der Waals surface area (Å²) in [7, 11) is -0.201. The second kappa shape index (κ2) is 9.79. The van der Waals surface area contributed by atoms with Gasteiger partial charge in [0.05, 0.1) is 30.8 Å². The summed E-state index contributed by atoms with van der Waals surface area (Å²) in [5.74, 6) is 1.58. The summed E-state index contributed by atoms with van der Waals surface area (Å²) in [6, 6.07) is 5.64. The third kappa shape index (κ3) is 5.21. The van der Waals surface area contributed by atoms with Crippen molar-refractivity contribution in [3.05, 3.63) is 42.0 Å². The van der Waals surface area contributed by atoms with E-state index < -0.39 is 8.32 Å². The Morgan fingerprint density at radius 1 is 0.971 bits per heavy atom. The van der Waals surface area contributed by atoms with Crippen LogP contribution in [0.3, 0.4) is 0 Å². The number of piperazine rings is 1. The Bertz CT molecular complexity index is 968. The van der Waals surface area contributed by atoms with Crippen LogP contribution in [0.1, 0.15) is 26.3 Å². The first-order valence-electron chi connectivity index (χ1n) is 12.1. The minimum Gasteiger partial charge on any atom is -0.412 e. The smallest absolute Gasteiger partial charge is 0.192 e. The van der Waals surface area contributed by atoms with Gasteiger partial charge in [0.2, 0.25) is 0 Å². The Labute approximate surface area is 204 Å². The van der Waals surface area contributed by atoms with Crippen molar-refractivity contribution in [2.24, 2.45) is 0 Å². The Balaban J connectivity index is 1.35. The third-order valence-corrected chi connectivity index (χ3v) is 12.0. The first-order chi connectivity index (χ1) is 16.1. The van der Waals surface area contributed by atoms with Gasteiger partial charge in [-0.3, -0.25) is 0 Å². The highest BCUT2D eigenvalue weighted by Gasteiger charge is 2.37. The van der Waals surface area contributed by atoms with Gasteiger partial charge in [-0.15, -0.1) is 0 Å². The molecule has 2 aliphatic heterocycles. The number of halogens is 1. The summed E-state index contributed by atoms with van der Waals surface area (Å²) >= 11 is 0. The van der Waals surface area contributed by atoms with Crippen LogP contribution in [0.2, 0.25) is 18.1 Å². The Hall–Kier alpha value is -2.23. The average Bonchev–Trinajstić information content (AvgIpc) is 2.78. The SMILES string of the molecule is COC1CN(c2cnc(N3CCN(c4cccc(CO[Si](C)(C)C(C)(C)C)c4F)CC3)cn2)C1. The lowest BCUT2D eigenvalue weighted by Crippen LogP contribution is -2.52. The Morgan fingerprint density at radius 2 is 1.56 bits per heavy atom. The van der Waals surface area contributed by atoms with Crippen LogP contribution in [0.5, 0.6) is 0 Å². The van der Waals surface area contributed by atoms with E-state index in [1.54, 1.807) is 7.11 Å². The summed E-state index contributed by atoms with van der Waals surface area (Å²) < 4.78 is 27.0. The van der Waals surface area contributed by atoms with Crippen molar-refractivity contribution < 1.29 is 13.6 Å². The summed E-state index contributed by atoms with van der Waals surface area (Å²) in [6.45, 7) is 16.0. The molecule has 2 saturated heterocycles. The number of hydrogen-bond donors (Lipinski definition) is 0. The zero-order valence-electron chi connectivity index (χ0n) is 21.3. The van der Waals surface area contributed by atoms with E-state index in [9.17, 15) is 0 Å². The molecule has 0 saturated carbocycles. The quantitative estimate of drug-likeness (QED) is 0.540. The fourth-order valence-corrected chi connectivity index (χ4v) is 4.94. The van der Waals surface area contributed by atoms with Gasteiger partial charge < -0.3 is 23.9 Å². The van der Waals surface area contributed by atoms with Gasteiger partial charge in [-0.05, 0) is 24.2 Å². The van der Waals surface area contributed by atoms with E-state index in [0.717, 1.165) is 50.9 Å². The van der Waals surface area contributed by atoms with Crippen molar-refractivity contribution in [1.29, 1.82) is 0 Å². The second-order valence-corrected chi connectivity index (χ2v) is 15.6. The number of aromatic nitrogens is 2. The number of nitrogens with zero attached hydrogens (tertiary/aromatic N) is 5. The lowest BCUT2D eigenvalue weighted by molar-refractivity contribution is 0.0783. The molecule has 0 bridgehead atoms. The van der Waals surface area contributed by atoms with Crippen LogP contribution >= 0.6 is 0 Å². The molecule has 0 aliphatic carbocycles. The zero-order valence-corrected chi connectivity index (χ0v) is 22.3. The molecule has 2 fully saturated rings. The van der Waals surface area contributed by atoms with E-state index in [1.165, 1.54) is 0 Å². The molecule has 2 aliphatic rings. The third-order valence-electron chi connectivity index (χ3n) is 7.53. The van der Waals surface area contributed by atoms with E-state index in [4.69, 9.17) is 9.16 Å². The molecule has 0 unspecified atom stereocenters. The fourth-order valence-electron chi connectivity index (χ4n) is 3.99. The van der Waals surface area contributed by atoms with Gasteiger partial charge >= 0.3 is 0 Å². The van der Waals surface area contributed by atoms with Crippen molar-refractivity contribution >= 4 is 25.6 Å². The van der Waals surface area contributed by atoms with Crippen molar-refractivity contribution in [3.63, 3.8) is 0 Å². The average molecular weight is 488 g/mol. The maximum absolute atomic E-state index is 15.4. The minimum absolute atomic E-state index is 0.0973. The lowest BCUT2D eigenvalue weighted by atomic mass is 10.1. The largest absolute Gasteiger partial charge is 0.412 e. The molecule has 1 aromatic heterocycles. The number of ether oxygens (including phenoxy) is 1. The van der Waals surface area contributed by atoms with Crippen molar-refractivity contribution in [2.45, 2.75) is 51.6 Å². The van der Waals surface area contributed by atoms with Crippen LogP contribution in [0.25, 0.3) is 0 Å². The summed E-state index contributed by atoms with van der Waals surface area (Å²) in [4.78, 5) is 15.7. The van der Waals surface area contributed by atoms with Crippen LogP contribution in [0, 0.1) is 5.82 Å². The number of hydrogen-bond acceptors (Lipinski definition) is 7. The van der Waals surface area contributed by atoms with Gasteiger partial charge in [0.25, 0.3) is 0 Å². The maximum atomic E-state index is 15.4. The predicted octanol–water partition coefficient (Wildman–Crippen LogP) is 4.30. The molecular weight excluding hydrogens is 449 g/mol. The summed E-state index contributed by atoms with van der Waals surface area (Å²) in [5.41, 5.74) is 1.29. The van der Waals surface area contributed by atoms with Gasteiger partial charge in [0, 0.05) is 51.9 Å². The summed E-state index contributed by atoms with van der Waals surface area (Å²) in [5, 5.41) is 0.0973. The fraction of sp³-hybridized carbons (Fsp3) is 0.600. The summed E-state index contributed by atoms with van der Waals surface area (Å²) in [6.07, 6.45) is 3.95. The van der Waals surface area contributed by atoms with E-state index in [-0.39, 0.29) is 17.0 Å². The Kier molecular flexibility index (Phi) is 7.16. The highest BCUT2D eigenvalue weighted by Crippen LogP contribution is 2.37. The Morgan fingerprint density at radius 3 is 2.12 bits per heavy atom. The monoisotopic (exact) mass is 487 g/mol. The van der Waals surface area contributed by atoms with E-state index in [0.29, 0.717) is 17.9 Å². The van der Waals surface area contributed by atoms with Gasteiger partial charge in [-0.2, -0.15) is 0 Å². The standard InChI is InChI=1S/C25H38FN5O2Si/c1-25(2,3)34(5,6)33-18-19-8-7-9-21(24(19)26)29-10-12-30(13-11-29)22-14-28-23(15-27-22)31-16-20(17-31)32-4/h7-9,14-15,20H,10-13,16-18H2,1-6H3. The molecule has 0 radical (unpaired) electrons. The molecule has 9 heteroatoms. The van der Waals surface area contributed by atoms with Crippen LogP contribution in [0.15, 0.2) is 30.6 Å². The highest BCUT2D eigenvalue weighted by molar-refractivity contribution is 6.74. The molecule has 0 N–H and O–H groups in total. The molecule has 3 heterocycles. The molecule has 186 valence electrons. The lowest BCUT2D eigenvalue weighted by Gasteiger charge is -2.39. The molecule has 4 rings (SSSR count). The van der Waals surface area contributed by atoms with Crippen molar-refractivity contribution in [2.75, 3.05) is 61.1 Å². The van der Waals surface area contributed by atoms with Crippen LogP contribution in [-0.2, 0) is 15.8 Å². The van der Waals surface area contributed by atoms with Crippen molar-refractivity contribution in [3.8, 4) is 0 Å². The molecule has 0 atom stereocenters. The number of methoxy groups -OCH3 is 1. The van der Waals surface area contributed by atoms with Crippen LogP contribution in [-0.4, -0.2) is 70.8 Å². The first kappa shape index (κ1) is 24.9. The van der Waals surface area contributed by atoms with Gasteiger partial charge in [0.1, 0.15) is 11.6 Å². The van der Waals surface area contributed by atoms with Gasteiger partial charge in [0.15, 0.2) is 14.1 Å². The topological polar surface area (TPSA) is 54.0 Å². The maximum Gasteiger partial charge on any atom is 0.192 e. The molecule has 0 spiro atoms. The normalized spacial score (nSPS) is 17.8. The number of anilines is 3. The number of benzene rings is 1. The van der Waals surface area contributed by atoms with Crippen molar-refractivity contribution in [1.82, 2.24) is 9.97 Å². The second-order valence-electron chi connectivity index (χ2n) is 10.8. The van der Waals surface area contributed by atoms with E-state index in [1.807, 2.05) is 30.6 Å². The van der Waals surface area contributed by atoms with Gasteiger partial charge in [-0.25, -0.2) is 14.4 Å². The molecule has 34 heavy (non-hydrogen) atoms. The van der Waals surface area contributed by atoms with E-state index >= 15 is 4.39 Å². The minimum atomic E-state index is -1.94. The molecule has 0 amide bonds. The van der Waals surface area contributed by atoms with Gasteiger partial charge in [-0.1, -0.05) is 32.9 Å². The number of rotatable bonds is 7. The molecule has 7 nitrogen and oxygen atoms in total. The first-order valence-corrected chi connectivity index (χ1v) is 15.0. The molecular formula is C25H38FN5O2Si. The zero-order chi connectivity index (χ0) is 24.5. The molecule has 1 aromatic carbocycles. The van der Waals surface area contributed by atoms with Crippen LogP contribution < -0.4 is 14.7 Å². The molecule has 2 aromatic rings. The van der Waals surface area contributed by atoms with E-state index in [2.05, 4.69) is 58.5 Å². The van der Waals surface area contributed by atoms with Crippen LogP contribution in [0.4, 0.5) is 21.7 Å². The highest BCUT2D eigenvalue weighted by atomic mass is 28.4. The predicted molar refractivity (Wildman–Crippen MR) is 138 cm³/mol.